The Morgan fingerprint density at radius 1 is 1.06 bits per heavy atom. The van der Waals surface area contributed by atoms with Gasteiger partial charge in [0.15, 0.2) is 10.6 Å². The van der Waals surface area contributed by atoms with E-state index in [2.05, 4.69) is 6.58 Å². The van der Waals surface area contributed by atoms with E-state index in [1.165, 1.54) is 4.31 Å². The lowest BCUT2D eigenvalue weighted by Gasteiger charge is -2.23. The lowest BCUT2D eigenvalue weighted by atomic mass is 10.1. The largest absolute Gasteiger partial charge is 0.497 e. The number of aryl methyl sites for hydroxylation is 1. The van der Waals surface area contributed by atoms with E-state index in [0.717, 1.165) is 17.5 Å². The molecule has 1 unspecified atom stereocenters. The lowest BCUT2D eigenvalue weighted by molar-refractivity contribution is 0.164. The average molecular weight is 480 g/mol. The number of ether oxygens (including phenoxy) is 3. The number of nitrogens with zero attached hydrogens (tertiary/aromatic N) is 1. The van der Waals surface area contributed by atoms with E-state index in [1.807, 2.05) is 61.5 Å². The maximum Gasteiger partial charge on any atom is 0.250 e. The van der Waals surface area contributed by atoms with Gasteiger partial charge in [-0.3, -0.25) is 0 Å². The molecule has 4 rings (SSSR count). The molecule has 178 valence electrons. The summed E-state index contributed by atoms with van der Waals surface area (Å²) in [6.45, 7) is 6.21. The Kier molecular flexibility index (Phi) is 7.24. The van der Waals surface area contributed by atoms with E-state index >= 15 is 0 Å². The normalized spacial score (nSPS) is 17.2. The van der Waals surface area contributed by atoms with Crippen molar-refractivity contribution in [3.8, 4) is 23.0 Å². The van der Waals surface area contributed by atoms with Crippen molar-refractivity contribution < 1.29 is 22.6 Å². The summed E-state index contributed by atoms with van der Waals surface area (Å²) in [6, 6.07) is 20.0. The van der Waals surface area contributed by atoms with Gasteiger partial charge in [-0.05, 0) is 61.7 Å². The first-order valence-corrected chi connectivity index (χ1v) is 12.6. The molecule has 0 radical (unpaired) electrons. The van der Waals surface area contributed by atoms with Crippen LogP contribution in [0.1, 0.15) is 24.0 Å². The molecule has 34 heavy (non-hydrogen) atoms. The van der Waals surface area contributed by atoms with Gasteiger partial charge in [0.1, 0.15) is 23.4 Å². The van der Waals surface area contributed by atoms with Crippen LogP contribution in [-0.2, 0) is 16.6 Å². The van der Waals surface area contributed by atoms with Crippen LogP contribution in [0.25, 0.3) is 0 Å². The summed E-state index contributed by atoms with van der Waals surface area (Å²) >= 11 is 0. The van der Waals surface area contributed by atoms with E-state index < -0.39 is 10.0 Å². The summed E-state index contributed by atoms with van der Waals surface area (Å²) in [5.41, 5.74) is 1.94. The van der Waals surface area contributed by atoms with Crippen LogP contribution < -0.4 is 14.2 Å². The van der Waals surface area contributed by atoms with Crippen molar-refractivity contribution in [3.63, 3.8) is 0 Å². The zero-order chi connectivity index (χ0) is 24.1. The lowest BCUT2D eigenvalue weighted by Crippen LogP contribution is -2.36. The summed E-state index contributed by atoms with van der Waals surface area (Å²) in [6.07, 6.45) is 2.87. The minimum absolute atomic E-state index is 0.0465. The molecule has 0 saturated carbocycles. The Morgan fingerprint density at radius 3 is 2.44 bits per heavy atom. The quantitative estimate of drug-likeness (QED) is 0.387. The second-order valence-corrected chi connectivity index (χ2v) is 10.1. The fourth-order valence-electron chi connectivity index (χ4n) is 3.87. The van der Waals surface area contributed by atoms with Gasteiger partial charge in [-0.1, -0.05) is 42.0 Å². The zero-order valence-electron chi connectivity index (χ0n) is 19.4. The molecular formula is C27H29NO5S. The van der Waals surface area contributed by atoms with Gasteiger partial charge in [0.2, 0.25) is 0 Å². The van der Waals surface area contributed by atoms with Gasteiger partial charge in [0, 0.05) is 6.54 Å². The molecule has 3 aromatic carbocycles. The van der Waals surface area contributed by atoms with Gasteiger partial charge >= 0.3 is 0 Å². The molecule has 1 aliphatic rings. The van der Waals surface area contributed by atoms with Gasteiger partial charge in [-0.15, -0.1) is 6.58 Å². The van der Waals surface area contributed by atoms with Crippen LogP contribution in [0.15, 0.2) is 84.3 Å². The van der Waals surface area contributed by atoms with Crippen LogP contribution in [0.5, 0.6) is 23.0 Å². The van der Waals surface area contributed by atoms with Crippen LogP contribution >= 0.6 is 0 Å². The van der Waals surface area contributed by atoms with Crippen molar-refractivity contribution in [3.05, 3.63) is 90.5 Å². The third kappa shape index (κ3) is 5.26. The van der Waals surface area contributed by atoms with E-state index in [1.54, 1.807) is 25.3 Å². The summed E-state index contributed by atoms with van der Waals surface area (Å²) in [5.74, 6) is 1.82. The molecule has 1 heterocycles. The summed E-state index contributed by atoms with van der Waals surface area (Å²) in [5, 5.41) is 0. The molecule has 0 saturated heterocycles. The third-order valence-electron chi connectivity index (χ3n) is 5.70. The van der Waals surface area contributed by atoms with Crippen LogP contribution in [0.2, 0.25) is 0 Å². The fraction of sp³-hybridized carbons (Fsp3) is 0.259. The van der Waals surface area contributed by atoms with Crippen molar-refractivity contribution >= 4 is 10.0 Å². The van der Waals surface area contributed by atoms with E-state index in [-0.39, 0.29) is 29.8 Å². The summed E-state index contributed by atoms with van der Waals surface area (Å²) in [7, 11) is -2.32. The number of fused-ring (bicyclic) bond motifs is 1. The number of hydrogen-bond donors (Lipinski definition) is 0. The van der Waals surface area contributed by atoms with Gasteiger partial charge in [-0.25, -0.2) is 8.42 Å². The SMILES string of the molecule is C=CCCC1CN(Cc2ccc(OC)cc2)S(=O)(=O)c2c(Oc3ccc(C)cc3)cccc2O1. The molecule has 6 nitrogen and oxygen atoms in total. The number of allylic oxidation sites excluding steroid dienone is 1. The first kappa shape index (κ1) is 23.9. The monoisotopic (exact) mass is 479 g/mol. The third-order valence-corrected chi connectivity index (χ3v) is 7.58. The average Bonchev–Trinajstić information content (AvgIpc) is 2.94. The number of rotatable bonds is 8. The van der Waals surface area contributed by atoms with Crippen molar-refractivity contribution in [2.45, 2.75) is 37.3 Å². The maximum absolute atomic E-state index is 14.0. The molecule has 0 bridgehead atoms. The van der Waals surface area contributed by atoms with E-state index in [0.29, 0.717) is 23.7 Å². The molecule has 1 atom stereocenters. The summed E-state index contributed by atoms with van der Waals surface area (Å²) < 4.78 is 46.9. The first-order chi connectivity index (χ1) is 16.4. The predicted molar refractivity (Wildman–Crippen MR) is 132 cm³/mol. The predicted octanol–water partition coefficient (Wildman–Crippen LogP) is 5.71. The van der Waals surface area contributed by atoms with Gasteiger partial charge in [0.25, 0.3) is 10.0 Å². The highest BCUT2D eigenvalue weighted by Crippen LogP contribution is 2.41. The zero-order valence-corrected chi connectivity index (χ0v) is 20.3. The number of hydrogen-bond acceptors (Lipinski definition) is 5. The Balaban J connectivity index is 1.74. The van der Waals surface area contributed by atoms with Crippen LogP contribution in [-0.4, -0.2) is 32.5 Å². The first-order valence-electron chi connectivity index (χ1n) is 11.2. The Bertz CT molecular complexity index is 1240. The molecule has 3 aromatic rings. The fourth-order valence-corrected chi connectivity index (χ4v) is 5.54. The Hall–Kier alpha value is -3.29. The molecule has 0 N–H and O–H groups in total. The topological polar surface area (TPSA) is 65.1 Å². The van der Waals surface area contributed by atoms with Crippen LogP contribution in [0.4, 0.5) is 0 Å². The second kappa shape index (κ2) is 10.3. The Morgan fingerprint density at radius 2 is 1.76 bits per heavy atom. The van der Waals surface area contributed by atoms with Crippen LogP contribution in [0, 0.1) is 6.92 Å². The molecule has 0 spiro atoms. The highest BCUT2D eigenvalue weighted by molar-refractivity contribution is 7.89. The number of benzene rings is 3. The molecule has 7 heteroatoms. The molecule has 1 aliphatic heterocycles. The van der Waals surface area contributed by atoms with Gasteiger partial charge < -0.3 is 14.2 Å². The van der Waals surface area contributed by atoms with Crippen molar-refractivity contribution in [2.75, 3.05) is 13.7 Å². The Labute approximate surface area is 201 Å². The van der Waals surface area contributed by atoms with Crippen molar-refractivity contribution in [2.24, 2.45) is 0 Å². The standard InChI is InChI=1S/C27H29NO5S/c1-4-5-7-24-19-28(18-21-12-16-22(31-3)17-13-21)34(29,30)27-25(8-6-9-26(27)33-24)32-23-14-10-20(2)11-15-23/h4,6,8-17,24H,1,5,7,18-19H2,2-3H3. The number of methoxy groups -OCH3 is 1. The van der Waals surface area contributed by atoms with Crippen molar-refractivity contribution in [1.82, 2.24) is 4.31 Å². The molecular weight excluding hydrogens is 450 g/mol. The maximum atomic E-state index is 14.0. The minimum atomic E-state index is -3.92. The minimum Gasteiger partial charge on any atom is -0.497 e. The van der Waals surface area contributed by atoms with E-state index in [9.17, 15) is 8.42 Å². The van der Waals surface area contributed by atoms with Gasteiger partial charge in [-0.2, -0.15) is 4.31 Å². The second-order valence-electron chi connectivity index (χ2n) is 8.25. The van der Waals surface area contributed by atoms with Crippen LogP contribution in [0.3, 0.4) is 0 Å². The van der Waals surface area contributed by atoms with Gasteiger partial charge in [0.05, 0.1) is 13.7 Å². The molecule has 0 fully saturated rings. The molecule has 0 amide bonds. The number of sulfonamides is 1. The highest BCUT2D eigenvalue weighted by atomic mass is 32.2. The highest BCUT2D eigenvalue weighted by Gasteiger charge is 2.37. The summed E-state index contributed by atoms with van der Waals surface area (Å²) in [4.78, 5) is 0.0465. The van der Waals surface area contributed by atoms with E-state index in [4.69, 9.17) is 14.2 Å². The van der Waals surface area contributed by atoms with Crippen molar-refractivity contribution in [1.29, 1.82) is 0 Å². The molecule has 0 aliphatic carbocycles. The smallest absolute Gasteiger partial charge is 0.250 e. The molecule has 0 aromatic heterocycles.